The van der Waals surface area contributed by atoms with Crippen molar-refractivity contribution in [2.45, 2.75) is 6.42 Å². The Kier molecular flexibility index (Phi) is 3.41. The second-order valence-corrected chi connectivity index (χ2v) is 3.59. The molecule has 0 unspecified atom stereocenters. The molecule has 0 fully saturated rings. The van der Waals surface area contributed by atoms with E-state index in [2.05, 4.69) is 14.8 Å². The lowest BCUT2D eigenvalue weighted by atomic mass is 10.0. The van der Waals surface area contributed by atoms with E-state index >= 15 is 0 Å². The fraction of sp³-hybridized carbons (Fsp3) is 0.167. The predicted molar refractivity (Wildman–Crippen MR) is 63.9 cm³/mol. The molecule has 0 amide bonds. The van der Waals surface area contributed by atoms with Crippen molar-refractivity contribution in [3.63, 3.8) is 0 Å². The smallest absolute Gasteiger partial charge is 0.347 e. The first-order valence-electron chi connectivity index (χ1n) is 5.31. The van der Waals surface area contributed by atoms with Gasteiger partial charge in [-0.05, 0) is 23.6 Å². The number of carbonyl (C=O) groups is 2. The van der Waals surface area contributed by atoms with Crippen molar-refractivity contribution < 1.29 is 14.3 Å². The molecule has 18 heavy (non-hydrogen) atoms. The first kappa shape index (κ1) is 11.9. The highest BCUT2D eigenvalue weighted by molar-refractivity contribution is 6.16. The zero-order valence-electron chi connectivity index (χ0n) is 9.37. The van der Waals surface area contributed by atoms with Gasteiger partial charge in [-0.15, -0.1) is 0 Å². The molecule has 0 saturated carbocycles. The summed E-state index contributed by atoms with van der Waals surface area (Å²) in [5.74, 6) is -1.23. The summed E-state index contributed by atoms with van der Waals surface area (Å²) in [5, 5.41) is 3.39. The van der Waals surface area contributed by atoms with Crippen LogP contribution in [0.15, 0.2) is 29.4 Å². The zero-order chi connectivity index (χ0) is 13.0. The van der Waals surface area contributed by atoms with Gasteiger partial charge in [0, 0.05) is 11.5 Å². The first-order chi connectivity index (χ1) is 8.74. The molecule has 6 heteroatoms. The second-order valence-electron chi connectivity index (χ2n) is 3.59. The van der Waals surface area contributed by atoms with Gasteiger partial charge in [-0.1, -0.05) is 29.4 Å². The number of benzene rings is 1. The van der Waals surface area contributed by atoms with Crippen molar-refractivity contribution in [3.05, 3.63) is 51.4 Å². The average molecular weight is 243 g/mol. The van der Waals surface area contributed by atoms with Crippen LogP contribution < -0.4 is 0 Å². The standard InChI is InChI=1S/C12H9N3O3/c13-15-14-7-2-1-4-8-5-3-6-9-10(8)12(17)18-11(9)16/h1,3-6H,2,7H2. The maximum atomic E-state index is 11.5. The molecular formula is C12H9N3O3. The van der Waals surface area contributed by atoms with Crippen LogP contribution in [0.3, 0.4) is 0 Å². The van der Waals surface area contributed by atoms with Crippen LogP contribution in [-0.4, -0.2) is 18.5 Å². The van der Waals surface area contributed by atoms with E-state index < -0.39 is 11.9 Å². The van der Waals surface area contributed by atoms with E-state index in [9.17, 15) is 9.59 Å². The van der Waals surface area contributed by atoms with Gasteiger partial charge in [-0.2, -0.15) is 0 Å². The lowest BCUT2D eigenvalue weighted by Gasteiger charge is -1.98. The third-order valence-electron chi connectivity index (χ3n) is 2.46. The van der Waals surface area contributed by atoms with E-state index in [4.69, 9.17) is 5.53 Å². The number of ether oxygens (including phenoxy) is 1. The van der Waals surface area contributed by atoms with Gasteiger partial charge >= 0.3 is 11.9 Å². The predicted octanol–water partition coefficient (Wildman–Crippen LogP) is 2.71. The number of esters is 2. The molecule has 0 atom stereocenters. The van der Waals surface area contributed by atoms with E-state index in [0.717, 1.165) is 0 Å². The Balaban J connectivity index is 2.22. The van der Waals surface area contributed by atoms with Crippen LogP contribution in [0.1, 0.15) is 32.7 Å². The number of carbonyl (C=O) groups excluding carboxylic acids is 2. The normalized spacial score (nSPS) is 13.3. The Labute approximate surface area is 102 Å². The average Bonchev–Trinajstić information content (AvgIpc) is 2.66. The molecule has 2 rings (SSSR count). The largest absolute Gasteiger partial charge is 0.386 e. The van der Waals surface area contributed by atoms with Gasteiger partial charge in [0.25, 0.3) is 0 Å². The molecule has 0 radical (unpaired) electrons. The Morgan fingerprint density at radius 3 is 2.94 bits per heavy atom. The molecule has 0 saturated heterocycles. The van der Waals surface area contributed by atoms with Gasteiger partial charge in [-0.25, -0.2) is 9.59 Å². The van der Waals surface area contributed by atoms with E-state index in [-0.39, 0.29) is 5.56 Å². The number of hydrogen-bond acceptors (Lipinski definition) is 4. The van der Waals surface area contributed by atoms with E-state index in [1.165, 1.54) is 0 Å². The highest BCUT2D eigenvalue weighted by Gasteiger charge is 2.31. The molecule has 1 heterocycles. The van der Waals surface area contributed by atoms with Crippen LogP contribution in [0.25, 0.3) is 16.5 Å². The fourth-order valence-electron chi connectivity index (χ4n) is 1.68. The third kappa shape index (κ3) is 2.23. The highest BCUT2D eigenvalue weighted by Crippen LogP contribution is 2.24. The SMILES string of the molecule is [N-]=[N+]=NCCC=Cc1cccc2c1C(=O)OC2=O. The van der Waals surface area contributed by atoms with Crippen molar-refractivity contribution in [3.8, 4) is 0 Å². The second kappa shape index (κ2) is 5.16. The van der Waals surface area contributed by atoms with Crippen LogP contribution >= 0.6 is 0 Å². The summed E-state index contributed by atoms with van der Waals surface area (Å²) in [6, 6.07) is 4.97. The summed E-state index contributed by atoms with van der Waals surface area (Å²) in [4.78, 5) is 25.4. The maximum absolute atomic E-state index is 11.5. The molecule has 1 aromatic rings. The molecule has 0 bridgehead atoms. The van der Waals surface area contributed by atoms with Crippen LogP contribution in [-0.2, 0) is 4.74 Å². The molecule has 1 aliphatic heterocycles. The van der Waals surface area contributed by atoms with Gasteiger partial charge in [0.1, 0.15) is 0 Å². The van der Waals surface area contributed by atoms with Crippen molar-refractivity contribution in [2.24, 2.45) is 5.11 Å². The Bertz CT molecular complexity index is 586. The van der Waals surface area contributed by atoms with E-state index in [0.29, 0.717) is 24.1 Å². The summed E-state index contributed by atoms with van der Waals surface area (Å²) in [6.45, 7) is 0.353. The van der Waals surface area contributed by atoms with Crippen LogP contribution in [0.2, 0.25) is 0 Å². The number of azide groups is 1. The van der Waals surface area contributed by atoms with Crippen molar-refractivity contribution >= 4 is 18.0 Å². The lowest BCUT2D eigenvalue weighted by Crippen LogP contribution is -1.98. The molecule has 0 N–H and O–H groups in total. The van der Waals surface area contributed by atoms with Gasteiger partial charge < -0.3 is 4.74 Å². The number of hydrogen-bond donors (Lipinski definition) is 0. The van der Waals surface area contributed by atoms with E-state index in [1.807, 2.05) is 0 Å². The molecule has 0 spiro atoms. The van der Waals surface area contributed by atoms with Gasteiger partial charge in [0.2, 0.25) is 0 Å². The zero-order valence-corrected chi connectivity index (χ0v) is 9.37. The minimum absolute atomic E-state index is 0.289. The Hall–Kier alpha value is -2.59. The maximum Gasteiger partial charge on any atom is 0.347 e. The first-order valence-corrected chi connectivity index (χ1v) is 5.31. The van der Waals surface area contributed by atoms with Crippen molar-refractivity contribution in [2.75, 3.05) is 6.54 Å². The number of rotatable bonds is 4. The Morgan fingerprint density at radius 2 is 2.17 bits per heavy atom. The summed E-state index contributed by atoms with van der Waals surface area (Å²) < 4.78 is 4.54. The van der Waals surface area contributed by atoms with Crippen LogP contribution in [0, 0.1) is 0 Å². The fourth-order valence-corrected chi connectivity index (χ4v) is 1.68. The van der Waals surface area contributed by atoms with E-state index in [1.54, 1.807) is 30.4 Å². The molecular weight excluding hydrogens is 234 g/mol. The molecule has 1 aromatic carbocycles. The summed E-state index contributed by atoms with van der Waals surface area (Å²) in [5.41, 5.74) is 9.32. The number of nitrogens with zero attached hydrogens (tertiary/aromatic N) is 3. The van der Waals surface area contributed by atoms with Crippen LogP contribution in [0.5, 0.6) is 0 Å². The number of fused-ring (bicyclic) bond motifs is 1. The topological polar surface area (TPSA) is 92.1 Å². The molecule has 0 aliphatic carbocycles. The minimum atomic E-state index is -0.620. The van der Waals surface area contributed by atoms with Crippen LogP contribution in [0.4, 0.5) is 0 Å². The third-order valence-corrected chi connectivity index (χ3v) is 2.46. The summed E-state index contributed by atoms with van der Waals surface area (Å²) in [6.07, 6.45) is 4.06. The highest BCUT2D eigenvalue weighted by atomic mass is 16.6. The molecule has 0 aromatic heterocycles. The monoisotopic (exact) mass is 243 g/mol. The van der Waals surface area contributed by atoms with Gasteiger partial charge in [0.15, 0.2) is 0 Å². The molecule has 1 aliphatic rings. The summed E-state index contributed by atoms with van der Waals surface area (Å²) in [7, 11) is 0. The van der Waals surface area contributed by atoms with Crippen molar-refractivity contribution in [1.29, 1.82) is 0 Å². The van der Waals surface area contributed by atoms with Crippen molar-refractivity contribution in [1.82, 2.24) is 0 Å². The minimum Gasteiger partial charge on any atom is -0.386 e. The van der Waals surface area contributed by atoms with Gasteiger partial charge in [0.05, 0.1) is 11.1 Å². The quantitative estimate of drug-likeness (QED) is 0.203. The Morgan fingerprint density at radius 1 is 1.33 bits per heavy atom. The number of cyclic esters (lactones) is 2. The summed E-state index contributed by atoms with van der Waals surface area (Å²) >= 11 is 0. The lowest BCUT2D eigenvalue weighted by molar-refractivity contribution is 0.0444. The molecule has 90 valence electrons. The van der Waals surface area contributed by atoms with Gasteiger partial charge in [-0.3, -0.25) is 0 Å². The molecule has 6 nitrogen and oxygen atoms in total.